The van der Waals surface area contributed by atoms with Crippen molar-refractivity contribution in [1.82, 2.24) is 30.3 Å². The molecule has 0 spiro atoms. The fourth-order valence-corrected chi connectivity index (χ4v) is 2.41. The number of carbonyl (C=O) groups excluding carboxylic acids is 1. The predicted octanol–water partition coefficient (Wildman–Crippen LogP) is 1.74. The monoisotopic (exact) mass is 298 g/mol. The van der Waals surface area contributed by atoms with Crippen LogP contribution in [0.5, 0.6) is 0 Å². The molecular weight excluding hydrogens is 280 g/mol. The Bertz CT molecular complexity index is 816. The maximum atomic E-state index is 12.3. The van der Waals surface area contributed by atoms with Gasteiger partial charge in [0.05, 0.1) is 12.1 Å². The zero-order chi connectivity index (χ0) is 15.7. The van der Waals surface area contributed by atoms with E-state index in [9.17, 15) is 4.79 Å². The molecule has 0 saturated carbocycles. The van der Waals surface area contributed by atoms with Gasteiger partial charge in [-0.15, -0.1) is 10.2 Å². The third kappa shape index (κ3) is 2.45. The molecule has 0 unspecified atom stereocenters. The van der Waals surface area contributed by atoms with Crippen LogP contribution in [-0.4, -0.2) is 30.9 Å². The lowest BCUT2D eigenvalue weighted by molar-refractivity contribution is 0.0946. The predicted molar refractivity (Wildman–Crippen MR) is 82.4 cm³/mol. The van der Waals surface area contributed by atoms with Crippen molar-refractivity contribution in [2.24, 2.45) is 7.05 Å². The molecule has 22 heavy (non-hydrogen) atoms. The van der Waals surface area contributed by atoms with Crippen LogP contribution in [0, 0.1) is 0 Å². The Hall–Kier alpha value is -2.70. The Balaban J connectivity index is 1.75. The van der Waals surface area contributed by atoms with Gasteiger partial charge in [0.25, 0.3) is 5.91 Å². The Morgan fingerprint density at radius 2 is 2.09 bits per heavy atom. The zero-order valence-electron chi connectivity index (χ0n) is 12.8. The van der Waals surface area contributed by atoms with Crippen LogP contribution in [0.15, 0.2) is 24.3 Å². The van der Waals surface area contributed by atoms with Crippen LogP contribution in [0.2, 0.25) is 0 Å². The number of nitrogens with zero attached hydrogens (tertiary/aromatic N) is 4. The lowest BCUT2D eigenvalue weighted by atomic mass is 10.2. The number of aromatic nitrogens is 5. The molecule has 0 atom stereocenters. The molecule has 1 amide bonds. The van der Waals surface area contributed by atoms with Crippen molar-refractivity contribution < 1.29 is 4.79 Å². The molecule has 0 aliphatic carbocycles. The Kier molecular flexibility index (Phi) is 3.62. The van der Waals surface area contributed by atoms with Gasteiger partial charge in [-0.25, -0.2) is 0 Å². The summed E-state index contributed by atoms with van der Waals surface area (Å²) in [6.07, 6.45) is 0. The first kappa shape index (κ1) is 14.2. The van der Waals surface area contributed by atoms with Crippen molar-refractivity contribution in [3.8, 4) is 0 Å². The minimum atomic E-state index is -0.230. The highest BCUT2D eigenvalue weighted by Gasteiger charge is 2.16. The first-order valence-electron chi connectivity index (χ1n) is 7.17. The van der Waals surface area contributed by atoms with E-state index in [2.05, 4.69) is 39.6 Å². The quantitative estimate of drug-likeness (QED) is 0.768. The summed E-state index contributed by atoms with van der Waals surface area (Å²) >= 11 is 0. The average molecular weight is 298 g/mol. The number of aromatic amines is 1. The van der Waals surface area contributed by atoms with Gasteiger partial charge >= 0.3 is 0 Å². The smallest absolute Gasteiger partial charge is 0.272 e. The summed E-state index contributed by atoms with van der Waals surface area (Å²) in [5, 5.41) is 18.9. The zero-order valence-corrected chi connectivity index (χ0v) is 12.8. The second-order valence-corrected chi connectivity index (χ2v) is 5.49. The molecule has 0 saturated heterocycles. The fraction of sp³-hybridized carbons (Fsp3) is 0.333. The number of amides is 1. The van der Waals surface area contributed by atoms with Crippen molar-refractivity contribution in [3.63, 3.8) is 0 Å². The lowest BCUT2D eigenvalue weighted by Crippen LogP contribution is -2.25. The average Bonchev–Trinajstić information content (AvgIpc) is 3.08. The molecule has 0 aliphatic heterocycles. The molecule has 2 heterocycles. The molecule has 0 bridgehead atoms. The molecule has 114 valence electrons. The van der Waals surface area contributed by atoms with Crippen LogP contribution in [0.4, 0.5) is 0 Å². The molecule has 7 nitrogen and oxygen atoms in total. The van der Waals surface area contributed by atoms with Crippen LogP contribution in [0.3, 0.4) is 0 Å². The van der Waals surface area contributed by atoms with E-state index in [0.29, 0.717) is 12.2 Å². The summed E-state index contributed by atoms with van der Waals surface area (Å²) in [6, 6.07) is 7.53. The van der Waals surface area contributed by atoms with E-state index in [1.165, 1.54) is 0 Å². The van der Waals surface area contributed by atoms with Gasteiger partial charge in [0.1, 0.15) is 5.82 Å². The number of carbonyl (C=O) groups is 1. The molecule has 3 rings (SSSR count). The van der Waals surface area contributed by atoms with Crippen LogP contribution >= 0.6 is 0 Å². The number of fused-ring (bicyclic) bond motifs is 1. The van der Waals surface area contributed by atoms with E-state index in [0.717, 1.165) is 22.6 Å². The highest BCUT2D eigenvalue weighted by molar-refractivity contribution is 6.04. The Morgan fingerprint density at radius 3 is 2.82 bits per heavy atom. The topological polar surface area (TPSA) is 88.5 Å². The Labute approximate surface area is 127 Å². The molecule has 2 aromatic heterocycles. The minimum absolute atomic E-state index is 0.230. The van der Waals surface area contributed by atoms with Gasteiger partial charge in [0, 0.05) is 18.4 Å². The molecule has 1 aromatic carbocycles. The van der Waals surface area contributed by atoms with Crippen molar-refractivity contribution >= 4 is 16.8 Å². The normalized spacial score (nSPS) is 11.3. The second kappa shape index (κ2) is 5.59. The van der Waals surface area contributed by atoms with Gasteiger partial charge in [-0.05, 0) is 6.07 Å². The van der Waals surface area contributed by atoms with Gasteiger partial charge in [-0.1, -0.05) is 32.0 Å². The molecule has 0 aliphatic rings. The SMILES string of the molecule is CC(C)c1nnc(CNC(=O)c2n[nH]c3ccccc23)n1C. The van der Waals surface area contributed by atoms with Gasteiger partial charge in [0.2, 0.25) is 0 Å². The van der Waals surface area contributed by atoms with E-state index < -0.39 is 0 Å². The van der Waals surface area contributed by atoms with E-state index in [1.54, 1.807) is 0 Å². The first-order chi connectivity index (χ1) is 10.6. The lowest BCUT2D eigenvalue weighted by Gasteiger charge is -2.06. The minimum Gasteiger partial charge on any atom is -0.343 e. The number of nitrogens with one attached hydrogen (secondary N) is 2. The fourth-order valence-electron chi connectivity index (χ4n) is 2.41. The van der Waals surface area contributed by atoms with E-state index in [4.69, 9.17) is 0 Å². The maximum absolute atomic E-state index is 12.3. The first-order valence-corrected chi connectivity index (χ1v) is 7.17. The standard InChI is InChI=1S/C15H18N6O/c1-9(2)14-20-18-12(21(14)3)8-16-15(22)13-10-6-4-5-7-11(10)17-19-13/h4-7,9H,8H2,1-3H3,(H,16,22)(H,17,19). The number of H-pyrrole nitrogens is 1. The van der Waals surface area contributed by atoms with Crippen molar-refractivity contribution in [1.29, 1.82) is 0 Å². The number of hydrogen-bond acceptors (Lipinski definition) is 4. The van der Waals surface area contributed by atoms with E-state index in [1.807, 2.05) is 35.9 Å². The summed E-state index contributed by atoms with van der Waals surface area (Å²) in [4.78, 5) is 12.3. The molecule has 2 N–H and O–H groups in total. The van der Waals surface area contributed by atoms with Crippen molar-refractivity contribution in [2.45, 2.75) is 26.3 Å². The van der Waals surface area contributed by atoms with Crippen LogP contribution in [0.1, 0.15) is 41.9 Å². The second-order valence-electron chi connectivity index (χ2n) is 5.49. The summed E-state index contributed by atoms with van der Waals surface area (Å²) in [5.41, 5.74) is 1.23. The molecule has 7 heteroatoms. The van der Waals surface area contributed by atoms with E-state index >= 15 is 0 Å². The molecule has 3 aromatic rings. The van der Waals surface area contributed by atoms with Crippen LogP contribution in [-0.2, 0) is 13.6 Å². The third-order valence-electron chi connectivity index (χ3n) is 3.61. The number of rotatable bonds is 4. The van der Waals surface area contributed by atoms with Crippen LogP contribution in [0.25, 0.3) is 10.9 Å². The summed E-state index contributed by atoms with van der Waals surface area (Å²) in [6.45, 7) is 4.43. The number of hydrogen-bond donors (Lipinski definition) is 2. The van der Waals surface area contributed by atoms with Gasteiger partial charge in [-0.3, -0.25) is 9.89 Å². The van der Waals surface area contributed by atoms with Gasteiger partial charge in [0.15, 0.2) is 11.5 Å². The largest absolute Gasteiger partial charge is 0.343 e. The summed E-state index contributed by atoms with van der Waals surface area (Å²) in [5.74, 6) is 1.68. The summed E-state index contributed by atoms with van der Waals surface area (Å²) < 4.78 is 1.91. The van der Waals surface area contributed by atoms with Gasteiger partial charge < -0.3 is 9.88 Å². The third-order valence-corrected chi connectivity index (χ3v) is 3.61. The van der Waals surface area contributed by atoms with Crippen molar-refractivity contribution in [2.75, 3.05) is 0 Å². The maximum Gasteiger partial charge on any atom is 0.272 e. The molecule has 0 radical (unpaired) electrons. The van der Waals surface area contributed by atoms with Crippen LogP contribution < -0.4 is 5.32 Å². The molecular formula is C15H18N6O. The Morgan fingerprint density at radius 1 is 1.32 bits per heavy atom. The molecule has 0 fully saturated rings. The van der Waals surface area contributed by atoms with E-state index in [-0.39, 0.29) is 11.8 Å². The summed E-state index contributed by atoms with van der Waals surface area (Å²) in [7, 11) is 1.90. The highest BCUT2D eigenvalue weighted by Crippen LogP contribution is 2.15. The number of benzene rings is 1. The van der Waals surface area contributed by atoms with Crippen molar-refractivity contribution in [3.05, 3.63) is 41.6 Å². The highest BCUT2D eigenvalue weighted by atomic mass is 16.1. The number of para-hydroxylation sites is 1. The van der Waals surface area contributed by atoms with Gasteiger partial charge in [-0.2, -0.15) is 5.10 Å².